The molecular formula is C31H26BrFN2O3S. The molecule has 0 spiro atoms. The van der Waals surface area contributed by atoms with Crippen molar-refractivity contribution in [2.75, 3.05) is 13.2 Å². The molecular weight excluding hydrogens is 579 g/mol. The van der Waals surface area contributed by atoms with Crippen LogP contribution >= 0.6 is 27.7 Å². The molecule has 0 aromatic heterocycles. The van der Waals surface area contributed by atoms with Gasteiger partial charge in [-0.25, -0.2) is 9.38 Å². The Labute approximate surface area is 239 Å². The van der Waals surface area contributed by atoms with Gasteiger partial charge < -0.3 is 9.47 Å². The molecule has 198 valence electrons. The molecule has 0 atom stereocenters. The summed E-state index contributed by atoms with van der Waals surface area (Å²) in [5.41, 5.74) is 2.42. The van der Waals surface area contributed by atoms with Crippen LogP contribution in [0.4, 0.5) is 10.1 Å². The lowest BCUT2D eigenvalue weighted by atomic mass is 10.1. The zero-order chi connectivity index (χ0) is 27.4. The van der Waals surface area contributed by atoms with Gasteiger partial charge in [0.05, 0.1) is 21.7 Å². The van der Waals surface area contributed by atoms with E-state index >= 15 is 0 Å². The zero-order valence-electron chi connectivity index (χ0n) is 21.5. The van der Waals surface area contributed by atoms with Crippen LogP contribution in [0.5, 0.6) is 11.5 Å². The quantitative estimate of drug-likeness (QED) is 0.190. The first-order valence-electron chi connectivity index (χ1n) is 12.6. The minimum Gasteiger partial charge on any atom is -0.490 e. The van der Waals surface area contributed by atoms with Gasteiger partial charge in [-0.15, -0.1) is 0 Å². The number of hydrogen-bond donors (Lipinski definition) is 0. The number of amides is 1. The number of likely N-dealkylation sites (N-methyl/N-ethyl adjacent to an activating group) is 1. The number of hydrogen-bond acceptors (Lipinski definition) is 5. The lowest BCUT2D eigenvalue weighted by Crippen LogP contribution is -2.28. The number of nitrogens with zero attached hydrogens (tertiary/aromatic N) is 2. The van der Waals surface area contributed by atoms with Crippen LogP contribution in [-0.4, -0.2) is 29.1 Å². The molecule has 0 radical (unpaired) electrons. The average molecular weight is 606 g/mol. The Morgan fingerprint density at radius 1 is 0.974 bits per heavy atom. The van der Waals surface area contributed by atoms with Gasteiger partial charge in [-0.05, 0) is 112 Å². The van der Waals surface area contributed by atoms with Crippen LogP contribution in [0.3, 0.4) is 0 Å². The van der Waals surface area contributed by atoms with Crippen LogP contribution in [0, 0.1) is 5.82 Å². The molecule has 1 amide bonds. The first kappa shape index (κ1) is 27.0. The highest BCUT2D eigenvalue weighted by atomic mass is 79.9. The van der Waals surface area contributed by atoms with Crippen LogP contribution in [0.2, 0.25) is 0 Å². The van der Waals surface area contributed by atoms with Crippen molar-refractivity contribution in [1.82, 2.24) is 4.90 Å². The van der Waals surface area contributed by atoms with Crippen molar-refractivity contribution in [2.24, 2.45) is 4.99 Å². The van der Waals surface area contributed by atoms with E-state index in [1.54, 1.807) is 17.0 Å². The van der Waals surface area contributed by atoms with Crippen LogP contribution in [0.15, 0.2) is 93.2 Å². The van der Waals surface area contributed by atoms with Gasteiger partial charge in [0.15, 0.2) is 16.7 Å². The van der Waals surface area contributed by atoms with Gasteiger partial charge in [0, 0.05) is 6.54 Å². The molecule has 0 bridgehead atoms. The first-order chi connectivity index (χ1) is 18.9. The van der Waals surface area contributed by atoms with E-state index in [1.807, 2.05) is 44.2 Å². The number of halogens is 2. The SMILES string of the molecule is CCOc1cc(/C=C2/SC(=Nc3ccc(F)cc3)N(CC)C2=O)cc(Br)c1OCc1ccc2ccccc2c1. The van der Waals surface area contributed by atoms with Crippen LogP contribution in [0.25, 0.3) is 16.8 Å². The summed E-state index contributed by atoms with van der Waals surface area (Å²) in [6, 6.07) is 24.1. The maximum Gasteiger partial charge on any atom is 0.266 e. The number of thioether (sulfide) groups is 1. The van der Waals surface area contributed by atoms with Gasteiger partial charge in [0.25, 0.3) is 5.91 Å². The molecule has 4 aromatic rings. The highest BCUT2D eigenvalue weighted by molar-refractivity contribution is 9.10. The second kappa shape index (κ2) is 12.1. The Balaban J connectivity index is 1.40. The normalized spacial score (nSPS) is 15.5. The summed E-state index contributed by atoms with van der Waals surface area (Å²) in [6.07, 6.45) is 1.82. The van der Waals surface area contributed by atoms with E-state index in [9.17, 15) is 9.18 Å². The van der Waals surface area contributed by atoms with Gasteiger partial charge in [-0.3, -0.25) is 9.69 Å². The smallest absolute Gasteiger partial charge is 0.266 e. The third-order valence-electron chi connectivity index (χ3n) is 6.08. The standard InChI is InChI=1S/C31H26BrFN2O3S/c1-3-35-30(36)28(39-31(35)34-25-13-11-24(33)12-14-25)18-21-16-26(32)29(27(17-21)37-4-2)38-19-20-9-10-22-7-5-6-8-23(22)15-20/h5-18H,3-4,19H2,1-2H3/b28-18+,34-31?. The molecule has 4 aromatic carbocycles. The van der Waals surface area contributed by atoms with Crippen molar-refractivity contribution in [1.29, 1.82) is 0 Å². The molecule has 1 heterocycles. The summed E-state index contributed by atoms with van der Waals surface area (Å²) in [7, 11) is 0. The van der Waals surface area contributed by atoms with Crippen LogP contribution in [-0.2, 0) is 11.4 Å². The van der Waals surface area contributed by atoms with Gasteiger partial charge in [0.2, 0.25) is 0 Å². The third-order valence-corrected chi connectivity index (χ3v) is 7.68. The summed E-state index contributed by atoms with van der Waals surface area (Å²) in [4.78, 5) is 19.9. The molecule has 1 aliphatic rings. The average Bonchev–Trinajstić information content (AvgIpc) is 3.22. The van der Waals surface area contributed by atoms with Crippen LogP contribution < -0.4 is 9.47 Å². The van der Waals surface area contributed by atoms with Crippen molar-refractivity contribution in [3.63, 3.8) is 0 Å². The molecule has 5 nitrogen and oxygen atoms in total. The minimum absolute atomic E-state index is 0.130. The number of carbonyl (C=O) groups excluding carboxylic acids is 1. The van der Waals surface area contributed by atoms with Gasteiger partial charge in [0.1, 0.15) is 12.4 Å². The Kier molecular flexibility index (Phi) is 8.33. The molecule has 5 rings (SSSR count). The van der Waals surface area contributed by atoms with E-state index in [-0.39, 0.29) is 11.7 Å². The monoisotopic (exact) mass is 604 g/mol. The molecule has 39 heavy (non-hydrogen) atoms. The molecule has 0 aliphatic carbocycles. The van der Waals surface area contributed by atoms with E-state index in [0.29, 0.717) is 47.0 Å². The molecule has 1 aliphatic heterocycles. The number of carbonyl (C=O) groups is 1. The molecule has 0 saturated carbocycles. The van der Waals surface area contributed by atoms with Gasteiger partial charge in [-0.2, -0.15) is 0 Å². The highest BCUT2D eigenvalue weighted by Crippen LogP contribution is 2.40. The van der Waals surface area contributed by atoms with E-state index in [1.165, 1.54) is 29.3 Å². The van der Waals surface area contributed by atoms with E-state index in [2.05, 4.69) is 51.3 Å². The number of ether oxygens (including phenoxy) is 2. The molecule has 1 saturated heterocycles. The summed E-state index contributed by atoms with van der Waals surface area (Å²) < 4.78 is 26.2. The number of aliphatic imine (C=N–C) groups is 1. The zero-order valence-corrected chi connectivity index (χ0v) is 23.9. The topological polar surface area (TPSA) is 51.1 Å². The maximum atomic E-state index is 13.3. The predicted molar refractivity (Wildman–Crippen MR) is 160 cm³/mol. The fourth-order valence-electron chi connectivity index (χ4n) is 4.21. The summed E-state index contributed by atoms with van der Waals surface area (Å²) in [6.45, 7) is 5.13. The van der Waals surface area contributed by atoms with Gasteiger partial charge in [-0.1, -0.05) is 36.4 Å². The predicted octanol–water partition coefficient (Wildman–Crippen LogP) is 8.34. The lowest BCUT2D eigenvalue weighted by molar-refractivity contribution is -0.122. The van der Waals surface area contributed by atoms with Crippen molar-refractivity contribution >= 4 is 61.3 Å². The number of amidine groups is 1. The number of rotatable bonds is 8. The van der Waals surface area contributed by atoms with Crippen molar-refractivity contribution < 1.29 is 18.7 Å². The molecule has 0 N–H and O–H groups in total. The summed E-state index contributed by atoms with van der Waals surface area (Å²) >= 11 is 4.93. The number of benzene rings is 4. The van der Waals surface area contributed by atoms with Crippen molar-refractivity contribution in [3.05, 3.63) is 105 Å². The largest absolute Gasteiger partial charge is 0.490 e. The lowest BCUT2D eigenvalue weighted by Gasteiger charge is -2.15. The third kappa shape index (κ3) is 6.18. The molecule has 1 fully saturated rings. The first-order valence-corrected chi connectivity index (χ1v) is 14.2. The summed E-state index contributed by atoms with van der Waals surface area (Å²) in [5, 5.41) is 2.90. The fraction of sp³-hybridized carbons (Fsp3) is 0.161. The van der Waals surface area contributed by atoms with E-state index in [0.717, 1.165) is 21.0 Å². The van der Waals surface area contributed by atoms with E-state index < -0.39 is 0 Å². The molecule has 8 heteroatoms. The second-order valence-corrected chi connectivity index (χ2v) is 10.6. The maximum absolute atomic E-state index is 13.3. The van der Waals surface area contributed by atoms with Crippen molar-refractivity contribution in [3.8, 4) is 11.5 Å². The Morgan fingerprint density at radius 3 is 2.49 bits per heavy atom. The minimum atomic E-state index is -0.331. The second-order valence-electron chi connectivity index (χ2n) is 8.76. The highest BCUT2D eigenvalue weighted by Gasteiger charge is 2.32. The van der Waals surface area contributed by atoms with Crippen LogP contribution in [0.1, 0.15) is 25.0 Å². The Hall–Kier alpha value is -3.62. The summed E-state index contributed by atoms with van der Waals surface area (Å²) in [5.74, 6) is 0.727. The Bertz CT molecular complexity index is 1590. The van der Waals surface area contributed by atoms with Gasteiger partial charge >= 0.3 is 0 Å². The van der Waals surface area contributed by atoms with E-state index in [4.69, 9.17) is 9.47 Å². The van der Waals surface area contributed by atoms with Crippen molar-refractivity contribution in [2.45, 2.75) is 20.5 Å². The Morgan fingerprint density at radius 2 is 1.74 bits per heavy atom. The fourth-order valence-corrected chi connectivity index (χ4v) is 5.84. The number of fused-ring (bicyclic) bond motifs is 1. The molecule has 0 unspecified atom stereocenters.